The first-order chi connectivity index (χ1) is 13.6. The highest BCUT2D eigenvalue weighted by Gasteiger charge is 2.58. The van der Waals surface area contributed by atoms with E-state index in [0.29, 0.717) is 36.7 Å². The molecule has 3 aliphatic rings. The number of hydrogen-bond donors (Lipinski definition) is 2. The maximum atomic E-state index is 12.7. The zero-order valence-corrected chi connectivity index (χ0v) is 20.2. The quantitative estimate of drug-likeness (QED) is 0.171. The molecule has 2 amide bonds. The van der Waals surface area contributed by atoms with Crippen molar-refractivity contribution in [2.45, 2.75) is 19.8 Å². The van der Waals surface area contributed by atoms with E-state index in [1.54, 1.807) is 0 Å². The summed E-state index contributed by atoms with van der Waals surface area (Å²) < 4.78 is 6.19. The Morgan fingerprint density at radius 1 is 1.21 bits per heavy atom. The van der Waals surface area contributed by atoms with E-state index in [0.717, 1.165) is 18.7 Å². The maximum absolute atomic E-state index is 12.7. The lowest BCUT2D eigenvalue weighted by Gasteiger charge is -2.18. The number of rotatable bonds is 7. The number of allylic oxidation sites excluding steroid dienone is 2. The fraction of sp³-hybridized carbons (Fsp3) is 0.550. The second-order valence-electron chi connectivity index (χ2n) is 7.47. The number of fused-ring (bicyclic) bond motifs is 5. The number of hydrogen-bond acceptors (Lipinski definition) is 4. The predicted octanol–water partition coefficient (Wildman–Crippen LogP) is 2.56. The molecule has 158 valence electrons. The molecule has 1 aromatic heterocycles. The van der Waals surface area contributed by atoms with Gasteiger partial charge in [0, 0.05) is 32.6 Å². The molecule has 0 spiro atoms. The smallest absolute Gasteiger partial charge is 0.233 e. The fourth-order valence-electron chi connectivity index (χ4n) is 4.58. The van der Waals surface area contributed by atoms with E-state index in [4.69, 9.17) is 4.42 Å². The van der Waals surface area contributed by atoms with Crippen LogP contribution in [0.2, 0.25) is 0 Å². The van der Waals surface area contributed by atoms with Crippen molar-refractivity contribution >= 4 is 57.7 Å². The minimum absolute atomic E-state index is 0. The summed E-state index contributed by atoms with van der Waals surface area (Å²) in [5, 5.41) is 6.41. The van der Waals surface area contributed by atoms with Crippen LogP contribution in [-0.4, -0.2) is 48.9 Å². The van der Waals surface area contributed by atoms with Gasteiger partial charge in [0.05, 0.1) is 11.8 Å². The SMILES string of the molecule is CCNC(=NCCc1ccc(Br)o1)NCCN1C(=O)C2C3C=CC(C3)C2C1=O.I. The predicted molar refractivity (Wildman–Crippen MR) is 124 cm³/mol. The van der Waals surface area contributed by atoms with Crippen LogP contribution >= 0.6 is 39.9 Å². The first-order valence-corrected chi connectivity index (χ1v) is 10.7. The summed E-state index contributed by atoms with van der Waals surface area (Å²) in [4.78, 5) is 31.4. The van der Waals surface area contributed by atoms with Crippen LogP contribution in [0.4, 0.5) is 0 Å². The van der Waals surface area contributed by atoms with Crippen molar-refractivity contribution in [2.75, 3.05) is 26.2 Å². The van der Waals surface area contributed by atoms with Crippen LogP contribution in [0, 0.1) is 23.7 Å². The molecule has 4 atom stereocenters. The monoisotopic (exact) mass is 576 g/mol. The van der Waals surface area contributed by atoms with E-state index in [9.17, 15) is 9.59 Å². The van der Waals surface area contributed by atoms with Gasteiger partial charge in [0.2, 0.25) is 11.8 Å². The Morgan fingerprint density at radius 2 is 1.90 bits per heavy atom. The van der Waals surface area contributed by atoms with E-state index < -0.39 is 0 Å². The Balaban J connectivity index is 0.00000240. The van der Waals surface area contributed by atoms with Gasteiger partial charge >= 0.3 is 0 Å². The molecule has 29 heavy (non-hydrogen) atoms. The highest BCUT2D eigenvalue weighted by molar-refractivity contribution is 14.0. The molecule has 4 unspecified atom stereocenters. The molecule has 4 rings (SSSR count). The van der Waals surface area contributed by atoms with E-state index in [2.05, 4.69) is 43.7 Å². The van der Waals surface area contributed by atoms with Gasteiger partial charge in [-0.1, -0.05) is 12.2 Å². The lowest BCUT2D eigenvalue weighted by atomic mass is 9.85. The minimum atomic E-state index is -0.128. The Bertz CT molecular complexity index is 794. The molecular formula is C20H26BrIN4O3. The standard InChI is InChI=1S/C20H25BrN4O3.HI/c1-2-22-20(23-8-7-14-5-6-15(21)28-14)24-9-10-25-18(26)16-12-3-4-13(11-12)17(16)19(25)27;/h3-6,12-13,16-17H,2,7-11H2,1H3,(H2,22,23,24);1H. The number of aliphatic imine (C=N–C) groups is 1. The Morgan fingerprint density at radius 3 is 2.48 bits per heavy atom. The molecular weight excluding hydrogens is 551 g/mol. The summed E-state index contributed by atoms with van der Waals surface area (Å²) >= 11 is 3.29. The third-order valence-corrected chi connectivity index (χ3v) is 6.22. The average Bonchev–Trinajstić information content (AvgIpc) is 3.43. The van der Waals surface area contributed by atoms with Crippen molar-refractivity contribution in [3.05, 3.63) is 34.7 Å². The molecule has 7 nitrogen and oxygen atoms in total. The third-order valence-electron chi connectivity index (χ3n) is 5.79. The second kappa shape index (κ2) is 9.63. The normalized spacial score (nSPS) is 27.4. The van der Waals surface area contributed by atoms with Gasteiger partial charge in [-0.05, 0) is 53.2 Å². The zero-order chi connectivity index (χ0) is 19.7. The molecule has 2 aliphatic carbocycles. The van der Waals surface area contributed by atoms with Gasteiger partial charge in [0.25, 0.3) is 0 Å². The van der Waals surface area contributed by atoms with Crippen LogP contribution in [0.15, 0.2) is 38.4 Å². The van der Waals surface area contributed by atoms with Gasteiger partial charge in [0.15, 0.2) is 10.6 Å². The van der Waals surface area contributed by atoms with Gasteiger partial charge in [-0.25, -0.2) is 0 Å². The van der Waals surface area contributed by atoms with Gasteiger partial charge in [-0.3, -0.25) is 19.5 Å². The average molecular weight is 577 g/mol. The van der Waals surface area contributed by atoms with Crippen molar-refractivity contribution in [2.24, 2.45) is 28.7 Å². The molecule has 0 aromatic carbocycles. The number of halogens is 2. The molecule has 1 aliphatic heterocycles. The summed E-state index contributed by atoms with van der Waals surface area (Å²) in [6, 6.07) is 3.78. The molecule has 9 heteroatoms. The second-order valence-corrected chi connectivity index (χ2v) is 8.25. The maximum Gasteiger partial charge on any atom is 0.233 e. The lowest BCUT2D eigenvalue weighted by molar-refractivity contribution is -0.140. The highest BCUT2D eigenvalue weighted by atomic mass is 127. The van der Waals surface area contributed by atoms with Crippen LogP contribution in [-0.2, 0) is 16.0 Å². The molecule has 0 radical (unpaired) electrons. The summed E-state index contributed by atoms with van der Waals surface area (Å²) in [5.74, 6) is 1.80. The van der Waals surface area contributed by atoms with Crippen LogP contribution in [0.1, 0.15) is 19.1 Å². The van der Waals surface area contributed by atoms with Crippen LogP contribution in [0.5, 0.6) is 0 Å². The number of amides is 2. The van der Waals surface area contributed by atoms with Gasteiger partial charge in [-0.15, -0.1) is 24.0 Å². The molecule has 1 saturated carbocycles. The number of nitrogens with one attached hydrogen (secondary N) is 2. The summed E-state index contributed by atoms with van der Waals surface area (Å²) in [6.07, 6.45) is 5.89. The number of likely N-dealkylation sites (tertiary alicyclic amines) is 1. The molecule has 2 N–H and O–H groups in total. The third kappa shape index (κ3) is 4.55. The number of carbonyl (C=O) groups is 2. The highest BCUT2D eigenvalue weighted by Crippen LogP contribution is 2.52. The number of nitrogens with zero attached hydrogens (tertiary/aromatic N) is 2. The van der Waals surface area contributed by atoms with E-state index in [1.165, 1.54) is 4.90 Å². The fourth-order valence-corrected chi connectivity index (χ4v) is 4.92. The Kier molecular flexibility index (Phi) is 7.42. The number of carbonyl (C=O) groups excluding carboxylic acids is 2. The van der Waals surface area contributed by atoms with Gasteiger partial charge in [-0.2, -0.15) is 0 Å². The van der Waals surface area contributed by atoms with Gasteiger partial charge in [0.1, 0.15) is 5.76 Å². The van der Waals surface area contributed by atoms with Crippen molar-refractivity contribution in [3.63, 3.8) is 0 Å². The minimum Gasteiger partial charge on any atom is -0.454 e. The van der Waals surface area contributed by atoms with E-state index in [-0.39, 0.29) is 59.5 Å². The van der Waals surface area contributed by atoms with Crippen LogP contribution in [0.25, 0.3) is 0 Å². The van der Waals surface area contributed by atoms with E-state index in [1.807, 2.05) is 19.1 Å². The number of furan rings is 1. The molecule has 2 fully saturated rings. The van der Waals surface area contributed by atoms with E-state index >= 15 is 0 Å². The van der Waals surface area contributed by atoms with Crippen molar-refractivity contribution in [3.8, 4) is 0 Å². The first kappa shape index (κ1) is 22.3. The number of imide groups is 1. The zero-order valence-electron chi connectivity index (χ0n) is 16.3. The van der Waals surface area contributed by atoms with Crippen LogP contribution < -0.4 is 10.6 Å². The van der Waals surface area contributed by atoms with Crippen molar-refractivity contribution in [1.82, 2.24) is 15.5 Å². The van der Waals surface area contributed by atoms with Gasteiger partial charge < -0.3 is 15.1 Å². The van der Waals surface area contributed by atoms with Crippen LogP contribution in [0.3, 0.4) is 0 Å². The Labute approximate surface area is 195 Å². The summed E-state index contributed by atoms with van der Waals surface area (Å²) in [5.41, 5.74) is 0. The molecule has 1 aromatic rings. The topological polar surface area (TPSA) is 86.9 Å². The van der Waals surface area contributed by atoms with Crippen molar-refractivity contribution in [1.29, 1.82) is 0 Å². The molecule has 2 heterocycles. The Hall–Kier alpha value is -1.36. The summed E-state index contributed by atoms with van der Waals surface area (Å²) in [7, 11) is 0. The number of guanidine groups is 1. The largest absolute Gasteiger partial charge is 0.454 e. The van der Waals surface area contributed by atoms with Crippen molar-refractivity contribution < 1.29 is 14.0 Å². The lowest BCUT2D eigenvalue weighted by Crippen LogP contribution is -2.43. The molecule has 2 bridgehead atoms. The first-order valence-electron chi connectivity index (χ1n) is 9.88. The molecule has 1 saturated heterocycles. The summed E-state index contributed by atoms with van der Waals surface area (Å²) in [6.45, 7) is 4.17.